The van der Waals surface area contributed by atoms with E-state index in [0.717, 1.165) is 64.4 Å². The molecule has 0 amide bonds. The van der Waals surface area contributed by atoms with Gasteiger partial charge >= 0.3 is 5.97 Å². The highest BCUT2D eigenvalue weighted by molar-refractivity contribution is 14.0. The van der Waals surface area contributed by atoms with Crippen molar-refractivity contribution in [2.45, 2.75) is 39.2 Å². The lowest BCUT2D eigenvalue weighted by molar-refractivity contribution is -0.146. The summed E-state index contributed by atoms with van der Waals surface area (Å²) in [5, 5.41) is 3.36. The van der Waals surface area contributed by atoms with Gasteiger partial charge in [-0.2, -0.15) is 0 Å². The Kier molecular flexibility index (Phi) is 12.9. The zero-order valence-electron chi connectivity index (χ0n) is 17.1. The van der Waals surface area contributed by atoms with Crippen LogP contribution in [0.2, 0.25) is 0 Å². The molecule has 0 spiro atoms. The lowest BCUT2D eigenvalue weighted by atomic mass is 9.97. The van der Waals surface area contributed by atoms with Crippen LogP contribution in [0.1, 0.15) is 38.2 Å². The van der Waals surface area contributed by atoms with Crippen LogP contribution in [0.5, 0.6) is 0 Å². The Morgan fingerprint density at radius 1 is 1.21 bits per heavy atom. The number of nitrogens with one attached hydrogen (secondary N) is 1. The number of aliphatic imine (C=N–C) groups is 1. The smallest absolute Gasteiger partial charge is 0.308 e. The highest BCUT2D eigenvalue weighted by atomic mass is 127. The Hall–Kier alpha value is -1.35. The Bertz CT molecular complexity index is 576. The van der Waals surface area contributed by atoms with Gasteiger partial charge in [-0.1, -0.05) is 30.3 Å². The van der Waals surface area contributed by atoms with Gasteiger partial charge in [-0.05, 0) is 38.2 Å². The summed E-state index contributed by atoms with van der Waals surface area (Å²) in [6.45, 7) is 6.81. The zero-order valence-corrected chi connectivity index (χ0v) is 19.4. The number of esters is 1. The summed E-state index contributed by atoms with van der Waals surface area (Å²) in [5.41, 5.74) is 1.21. The molecule has 1 aromatic rings. The third-order valence-electron chi connectivity index (χ3n) is 4.73. The summed E-state index contributed by atoms with van der Waals surface area (Å²) in [4.78, 5) is 18.6. The molecule has 6 nitrogen and oxygen atoms in total. The molecule has 0 atom stereocenters. The Morgan fingerprint density at radius 2 is 1.93 bits per heavy atom. The fraction of sp³-hybridized carbons (Fsp3) is 0.619. The molecular formula is C21H34IN3O3. The number of unbranched alkanes of at least 4 members (excludes halogenated alkanes) is 1. The SMILES string of the molecule is CCNC(=NCCCCOCc1ccccc1)N1CCC(C(=O)OC)CC1.I. The van der Waals surface area contributed by atoms with Crippen LogP contribution in [-0.2, 0) is 20.9 Å². The van der Waals surface area contributed by atoms with Gasteiger partial charge in [0, 0.05) is 32.8 Å². The summed E-state index contributed by atoms with van der Waals surface area (Å²) in [5.74, 6) is 0.883. The molecule has 1 aliphatic heterocycles. The van der Waals surface area contributed by atoms with Crippen molar-refractivity contribution in [3.05, 3.63) is 35.9 Å². The van der Waals surface area contributed by atoms with Gasteiger partial charge in [0.05, 0.1) is 19.6 Å². The predicted octanol–water partition coefficient (Wildman–Crippen LogP) is 3.45. The first-order chi connectivity index (χ1) is 13.2. The van der Waals surface area contributed by atoms with E-state index in [1.165, 1.54) is 12.7 Å². The Morgan fingerprint density at radius 3 is 2.57 bits per heavy atom. The number of guanidine groups is 1. The van der Waals surface area contributed by atoms with Crippen molar-refractivity contribution in [2.24, 2.45) is 10.9 Å². The van der Waals surface area contributed by atoms with Crippen LogP contribution in [-0.4, -0.2) is 56.7 Å². The van der Waals surface area contributed by atoms with E-state index < -0.39 is 0 Å². The summed E-state index contributed by atoms with van der Waals surface area (Å²) in [6, 6.07) is 10.2. The number of rotatable bonds is 9. The second-order valence-electron chi connectivity index (χ2n) is 6.77. The molecule has 0 aliphatic carbocycles. The molecule has 0 aromatic heterocycles. The van der Waals surface area contributed by atoms with Gasteiger partial charge < -0.3 is 19.7 Å². The van der Waals surface area contributed by atoms with Gasteiger partial charge in [0.25, 0.3) is 0 Å². The van der Waals surface area contributed by atoms with E-state index in [0.29, 0.717) is 6.61 Å². The molecule has 7 heteroatoms. The average molecular weight is 503 g/mol. The van der Waals surface area contributed by atoms with Crippen LogP contribution in [0.25, 0.3) is 0 Å². The molecular weight excluding hydrogens is 469 g/mol. The lowest BCUT2D eigenvalue weighted by Crippen LogP contribution is -2.46. The molecule has 1 fully saturated rings. The van der Waals surface area contributed by atoms with Crippen molar-refractivity contribution in [3.63, 3.8) is 0 Å². The van der Waals surface area contributed by atoms with Crippen LogP contribution in [0.15, 0.2) is 35.3 Å². The van der Waals surface area contributed by atoms with Crippen molar-refractivity contribution in [2.75, 3.05) is 39.9 Å². The average Bonchev–Trinajstić information content (AvgIpc) is 2.72. The van der Waals surface area contributed by atoms with Crippen LogP contribution < -0.4 is 5.32 Å². The van der Waals surface area contributed by atoms with Crippen molar-refractivity contribution in [1.29, 1.82) is 0 Å². The fourth-order valence-corrected chi connectivity index (χ4v) is 3.18. The second kappa shape index (κ2) is 14.6. The number of methoxy groups -OCH3 is 1. The van der Waals surface area contributed by atoms with Gasteiger partial charge in [0.1, 0.15) is 0 Å². The molecule has 0 saturated carbocycles. The molecule has 158 valence electrons. The molecule has 28 heavy (non-hydrogen) atoms. The predicted molar refractivity (Wildman–Crippen MR) is 123 cm³/mol. The molecule has 1 aliphatic rings. The molecule has 1 heterocycles. The summed E-state index contributed by atoms with van der Waals surface area (Å²) in [6.07, 6.45) is 3.65. The highest BCUT2D eigenvalue weighted by Gasteiger charge is 2.26. The summed E-state index contributed by atoms with van der Waals surface area (Å²) < 4.78 is 10.6. The number of ether oxygens (including phenoxy) is 2. The molecule has 0 unspecified atom stereocenters. The minimum atomic E-state index is -0.0907. The first kappa shape index (κ1) is 24.7. The van der Waals surface area contributed by atoms with E-state index in [4.69, 9.17) is 14.5 Å². The van der Waals surface area contributed by atoms with Gasteiger partial charge in [0.2, 0.25) is 0 Å². The summed E-state index contributed by atoms with van der Waals surface area (Å²) >= 11 is 0. The lowest BCUT2D eigenvalue weighted by Gasteiger charge is -2.33. The molecule has 0 radical (unpaired) electrons. The molecule has 0 bridgehead atoms. The van der Waals surface area contributed by atoms with E-state index in [1.807, 2.05) is 18.2 Å². The Balaban J connectivity index is 0.00000392. The highest BCUT2D eigenvalue weighted by Crippen LogP contribution is 2.18. The van der Waals surface area contributed by atoms with Gasteiger partial charge in [-0.15, -0.1) is 24.0 Å². The van der Waals surface area contributed by atoms with Crippen molar-refractivity contribution >= 4 is 35.9 Å². The third-order valence-corrected chi connectivity index (χ3v) is 4.73. The van der Waals surface area contributed by atoms with Gasteiger partial charge in [-0.3, -0.25) is 9.79 Å². The molecule has 1 aromatic carbocycles. The standard InChI is InChI=1S/C21H33N3O3.HI/c1-3-22-21(24-14-11-19(12-15-24)20(25)26-2)23-13-7-8-16-27-17-18-9-5-4-6-10-18;/h4-6,9-10,19H,3,7-8,11-17H2,1-2H3,(H,22,23);1H. The molecule has 1 N–H and O–H groups in total. The minimum Gasteiger partial charge on any atom is -0.469 e. The van der Waals surface area contributed by atoms with E-state index in [1.54, 1.807) is 0 Å². The van der Waals surface area contributed by atoms with E-state index >= 15 is 0 Å². The zero-order chi connectivity index (χ0) is 19.3. The number of hydrogen-bond acceptors (Lipinski definition) is 4. The first-order valence-electron chi connectivity index (χ1n) is 9.97. The number of likely N-dealkylation sites (tertiary alicyclic amines) is 1. The maximum atomic E-state index is 11.7. The second-order valence-corrected chi connectivity index (χ2v) is 6.77. The maximum absolute atomic E-state index is 11.7. The minimum absolute atomic E-state index is 0. The van der Waals surface area contributed by atoms with E-state index in [-0.39, 0.29) is 35.9 Å². The van der Waals surface area contributed by atoms with Crippen LogP contribution >= 0.6 is 24.0 Å². The quantitative estimate of drug-likeness (QED) is 0.184. The number of carbonyl (C=O) groups excluding carboxylic acids is 1. The largest absolute Gasteiger partial charge is 0.469 e. The summed E-state index contributed by atoms with van der Waals surface area (Å²) in [7, 11) is 1.46. The fourth-order valence-electron chi connectivity index (χ4n) is 3.18. The number of nitrogens with zero attached hydrogens (tertiary/aromatic N) is 2. The third kappa shape index (κ3) is 8.77. The molecule has 1 saturated heterocycles. The number of benzene rings is 1. The number of hydrogen-bond donors (Lipinski definition) is 1. The topological polar surface area (TPSA) is 63.2 Å². The van der Waals surface area contributed by atoms with E-state index in [2.05, 4.69) is 29.3 Å². The first-order valence-corrected chi connectivity index (χ1v) is 9.97. The van der Waals surface area contributed by atoms with Crippen LogP contribution in [0.3, 0.4) is 0 Å². The maximum Gasteiger partial charge on any atom is 0.308 e. The monoisotopic (exact) mass is 503 g/mol. The van der Waals surface area contributed by atoms with Crippen molar-refractivity contribution < 1.29 is 14.3 Å². The Labute approximate surface area is 186 Å². The number of carbonyl (C=O) groups is 1. The number of halogens is 1. The normalized spacial score (nSPS) is 15.1. The van der Waals surface area contributed by atoms with Crippen molar-refractivity contribution in [1.82, 2.24) is 10.2 Å². The van der Waals surface area contributed by atoms with Gasteiger partial charge in [0.15, 0.2) is 5.96 Å². The molecule has 2 rings (SSSR count). The van der Waals surface area contributed by atoms with Crippen LogP contribution in [0, 0.1) is 5.92 Å². The van der Waals surface area contributed by atoms with Crippen LogP contribution in [0.4, 0.5) is 0 Å². The van der Waals surface area contributed by atoms with E-state index in [9.17, 15) is 4.79 Å². The van der Waals surface area contributed by atoms with Gasteiger partial charge in [-0.25, -0.2) is 0 Å². The number of piperidine rings is 1. The van der Waals surface area contributed by atoms with Crippen molar-refractivity contribution in [3.8, 4) is 0 Å².